The van der Waals surface area contributed by atoms with Crippen molar-refractivity contribution in [2.45, 2.75) is 39.7 Å². The minimum absolute atomic E-state index is 0.0854. The lowest BCUT2D eigenvalue weighted by atomic mass is 9.84. The SMILES string of the molecule is CC(C)(CCNCc1ccccc1)CCC(=O)O. The van der Waals surface area contributed by atoms with Gasteiger partial charge in [-0.2, -0.15) is 0 Å². The molecule has 0 bridgehead atoms. The first kappa shape index (κ1) is 14.7. The predicted octanol–water partition coefficient (Wildman–Crippen LogP) is 3.06. The highest BCUT2D eigenvalue weighted by molar-refractivity contribution is 5.66. The molecule has 1 aromatic rings. The lowest BCUT2D eigenvalue weighted by Gasteiger charge is -2.23. The molecule has 0 aromatic heterocycles. The van der Waals surface area contributed by atoms with Gasteiger partial charge in [0.2, 0.25) is 0 Å². The number of aliphatic carboxylic acids is 1. The number of carboxylic acid groups (broad SMARTS) is 1. The van der Waals surface area contributed by atoms with E-state index in [1.165, 1.54) is 5.56 Å². The van der Waals surface area contributed by atoms with Crippen molar-refractivity contribution in [2.24, 2.45) is 5.41 Å². The van der Waals surface area contributed by atoms with Crippen LogP contribution < -0.4 is 5.32 Å². The van der Waals surface area contributed by atoms with E-state index in [0.717, 1.165) is 25.9 Å². The third-order valence-corrected chi connectivity index (χ3v) is 3.17. The van der Waals surface area contributed by atoms with Gasteiger partial charge >= 0.3 is 5.97 Å². The van der Waals surface area contributed by atoms with E-state index in [4.69, 9.17) is 5.11 Å². The van der Waals surface area contributed by atoms with Crippen molar-refractivity contribution in [3.63, 3.8) is 0 Å². The zero-order valence-corrected chi connectivity index (χ0v) is 11.3. The Labute approximate surface area is 109 Å². The summed E-state index contributed by atoms with van der Waals surface area (Å²) in [4.78, 5) is 10.5. The standard InChI is InChI=1S/C15H23NO2/c1-15(2,9-8-14(17)18)10-11-16-12-13-6-4-3-5-7-13/h3-7,16H,8-12H2,1-2H3,(H,17,18). The Kier molecular flexibility index (Phi) is 5.86. The molecule has 3 nitrogen and oxygen atoms in total. The normalized spacial score (nSPS) is 11.4. The third-order valence-electron chi connectivity index (χ3n) is 3.17. The van der Waals surface area contributed by atoms with E-state index in [1.54, 1.807) is 0 Å². The molecular formula is C15H23NO2. The van der Waals surface area contributed by atoms with Crippen LogP contribution >= 0.6 is 0 Å². The molecule has 0 spiro atoms. The minimum Gasteiger partial charge on any atom is -0.481 e. The van der Waals surface area contributed by atoms with E-state index in [0.29, 0.717) is 0 Å². The van der Waals surface area contributed by atoms with Gasteiger partial charge in [-0.25, -0.2) is 0 Å². The first-order valence-corrected chi connectivity index (χ1v) is 6.46. The Hall–Kier alpha value is -1.35. The van der Waals surface area contributed by atoms with Gasteiger partial charge in [0, 0.05) is 13.0 Å². The second kappa shape index (κ2) is 7.17. The van der Waals surface area contributed by atoms with Crippen LogP contribution in [0.15, 0.2) is 30.3 Å². The van der Waals surface area contributed by atoms with Crippen molar-refractivity contribution < 1.29 is 9.90 Å². The van der Waals surface area contributed by atoms with Crippen LogP contribution in [0, 0.1) is 5.41 Å². The van der Waals surface area contributed by atoms with E-state index in [9.17, 15) is 4.79 Å². The zero-order valence-electron chi connectivity index (χ0n) is 11.3. The first-order valence-electron chi connectivity index (χ1n) is 6.46. The van der Waals surface area contributed by atoms with Crippen LogP contribution in [0.3, 0.4) is 0 Å². The molecule has 100 valence electrons. The third kappa shape index (κ3) is 6.40. The largest absolute Gasteiger partial charge is 0.481 e. The number of carboxylic acids is 1. The average Bonchev–Trinajstić information content (AvgIpc) is 2.34. The molecule has 0 atom stereocenters. The molecule has 0 aliphatic carbocycles. The molecule has 3 heteroatoms. The van der Waals surface area contributed by atoms with Crippen LogP contribution in [-0.4, -0.2) is 17.6 Å². The highest BCUT2D eigenvalue weighted by Crippen LogP contribution is 2.25. The topological polar surface area (TPSA) is 49.3 Å². The summed E-state index contributed by atoms with van der Waals surface area (Å²) in [5.74, 6) is -0.708. The molecule has 0 aliphatic heterocycles. The number of hydrogen-bond donors (Lipinski definition) is 2. The Morgan fingerprint density at radius 2 is 1.89 bits per heavy atom. The molecule has 0 heterocycles. The summed E-state index contributed by atoms with van der Waals surface area (Å²) < 4.78 is 0. The van der Waals surface area contributed by atoms with Crippen LogP contribution in [0.5, 0.6) is 0 Å². The van der Waals surface area contributed by atoms with Crippen molar-refractivity contribution >= 4 is 5.97 Å². The number of carbonyl (C=O) groups is 1. The molecule has 0 amide bonds. The molecule has 0 fully saturated rings. The predicted molar refractivity (Wildman–Crippen MR) is 73.4 cm³/mol. The maximum Gasteiger partial charge on any atom is 0.303 e. The highest BCUT2D eigenvalue weighted by Gasteiger charge is 2.18. The van der Waals surface area contributed by atoms with Gasteiger partial charge in [-0.05, 0) is 30.4 Å². The number of benzene rings is 1. The number of rotatable bonds is 8. The van der Waals surface area contributed by atoms with E-state index in [-0.39, 0.29) is 11.8 Å². The van der Waals surface area contributed by atoms with Crippen LogP contribution in [0.1, 0.15) is 38.7 Å². The molecule has 0 unspecified atom stereocenters. The lowest BCUT2D eigenvalue weighted by Crippen LogP contribution is -2.22. The lowest BCUT2D eigenvalue weighted by molar-refractivity contribution is -0.137. The zero-order chi connectivity index (χ0) is 13.4. The van der Waals surface area contributed by atoms with Gasteiger partial charge in [-0.15, -0.1) is 0 Å². The van der Waals surface area contributed by atoms with Gasteiger partial charge in [0.15, 0.2) is 0 Å². The summed E-state index contributed by atoms with van der Waals surface area (Å²) in [6.45, 7) is 6.04. The summed E-state index contributed by atoms with van der Waals surface area (Å²) >= 11 is 0. The number of nitrogens with one attached hydrogen (secondary N) is 1. The fourth-order valence-corrected chi connectivity index (χ4v) is 1.83. The van der Waals surface area contributed by atoms with Crippen LogP contribution in [0.25, 0.3) is 0 Å². The Bertz CT molecular complexity index is 360. The van der Waals surface area contributed by atoms with Gasteiger partial charge in [0.25, 0.3) is 0 Å². The van der Waals surface area contributed by atoms with E-state index in [1.807, 2.05) is 18.2 Å². The fourth-order valence-electron chi connectivity index (χ4n) is 1.83. The summed E-state index contributed by atoms with van der Waals surface area (Å²) in [6.07, 6.45) is 1.98. The van der Waals surface area contributed by atoms with Gasteiger partial charge in [-0.1, -0.05) is 44.2 Å². The molecule has 0 radical (unpaired) electrons. The van der Waals surface area contributed by atoms with Crippen LogP contribution in [0.4, 0.5) is 0 Å². The molecule has 18 heavy (non-hydrogen) atoms. The summed E-state index contributed by atoms with van der Waals surface area (Å²) in [5, 5.41) is 12.1. The molecule has 0 saturated carbocycles. The second-order valence-corrected chi connectivity index (χ2v) is 5.47. The van der Waals surface area contributed by atoms with Gasteiger partial charge in [0.05, 0.1) is 0 Å². The fraction of sp³-hybridized carbons (Fsp3) is 0.533. The van der Waals surface area contributed by atoms with E-state index < -0.39 is 5.97 Å². The quantitative estimate of drug-likeness (QED) is 0.696. The minimum atomic E-state index is -0.708. The molecular weight excluding hydrogens is 226 g/mol. The van der Waals surface area contributed by atoms with Gasteiger partial charge in [0.1, 0.15) is 0 Å². The molecule has 1 aromatic carbocycles. The van der Waals surface area contributed by atoms with Crippen molar-refractivity contribution in [3.8, 4) is 0 Å². The van der Waals surface area contributed by atoms with E-state index >= 15 is 0 Å². The van der Waals surface area contributed by atoms with Crippen molar-refractivity contribution in [1.29, 1.82) is 0 Å². The highest BCUT2D eigenvalue weighted by atomic mass is 16.4. The molecule has 0 aliphatic rings. The Morgan fingerprint density at radius 3 is 2.50 bits per heavy atom. The second-order valence-electron chi connectivity index (χ2n) is 5.47. The first-order chi connectivity index (χ1) is 8.49. The molecule has 1 rings (SSSR count). The summed E-state index contributed by atoms with van der Waals surface area (Å²) in [6, 6.07) is 10.3. The maximum absolute atomic E-state index is 10.5. The van der Waals surface area contributed by atoms with Crippen LogP contribution in [-0.2, 0) is 11.3 Å². The summed E-state index contributed by atoms with van der Waals surface area (Å²) in [5.41, 5.74) is 1.36. The average molecular weight is 249 g/mol. The maximum atomic E-state index is 10.5. The van der Waals surface area contributed by atoms with Gasteiger partial charge in [-0.3, -0.25) is 4.79 Å². The smallest absolute Gasteiger partial charge is 0.303 e. The van der Waals surface area contributed by atoms with Crippen molar-refractivity contribution in [3.05, 3.63) is 35.9 Å². The molecule has 0 saturated heterocycles. The number of hydrogen-bond acceptors (Lipinski definition) is 2. The van der Waals surface area contributed by atoms with Crippen molar-refractivity contribution in [2.75, 3.05) is 6.54 Å². The van der Waals surface area contributed by atoms with Gasteiger partial charge < -0.3 is 10.4 Å². The van der Waals surface area contributed by atoms with E-state index in [2.05, 4.69) is 31.3 Å². The Balaban J connectivity index is 2.18. The van der Waals surface area contributed by atoms with Crippen molar-refractivity contribution in [1.82, 2.24) is 5.32 Å². The summed E-state index contributed by atoms with van der Waals surface area (Å²) in [7, 11) is 0. The monoisotopic (exact) mass is 249 g/mol. The molecule has 2 N–H and O–H groups in total. The van der Waals surface area contributed by atoms with Crippen LogP contribution in [0.2, 0.25) is 0 Å². The Morgan fingerprint density at radius 1 is 1.22 bits per heavy atom.